The maximum atomic E-state index is 11.9. The van der Waals surface area contributed by atoms with Crippen molar-refractivity contribution in [1.82, 2.24) is 9.13 Å². The summed E-state index contributed by atoms with van der Waals surface area (Å²) in [5, 5.41) is 14.1. The molecule has 0 unspecified atom stereocenters. The number of nitro groups is 1. The van der Waals surface area contributed by atoms with E-state index in [4.69, 9.17) is 0 Å². The van der Waals surface area contributed by atoms with E-state index in [0.29, 0.717) is 23.3 Å². The number of hydrogen-bond acceptors (Lipinski definition) is 4. The van der Waals surface area contributed by atoms with Gasteiger partial charge in [-0.25, -0.2) is 4.79 Å². The van der Waals surface area contributed by atoms with Crippen LogP contribution in [0.5, 0.6) is 0 Å². The maximum absolute atomic E-state index is 11.9. The van der Waals surface area contributed by atoms with Crippen molar-refractivity contribution in [1.29, 1.82) is 0 Å². The number of rotatable bonds is 4. The number of non-ortho nitro benzene ring substituents is 1. The zero-order chi connectivity index (χ0) is 14.2. The lowest BCUT2D eigenvalue weighted by Gasteiger charge is -2.07. The van der Waals surface area contributed by atoms with Crippen LogP contribution < -0.4 is 11.0 Å². The molecular weight excluding hydrogens is 248 g/mol. The van der Waals surface area contributed by atoms with Gasteiger partial charge in [0.05, 0.1) is 21.6 Å². The Hall–Kier alpha value is -2.31. The Balaban J connectivity index is 2.78. The maximum Gasteiger partial charge on any atom is 0.328 e. The molecule has 2 rings (SSSR count). The summed E-state index contributed by atoms with van der Waals surface area (Å²) in [4.78, 5) is 22.4. The molecule has 1 N–H and O–H groups in total. The number of nitrogens with one attached hydrogen (secondary N) is 1. The second-order valence-electron chi connectivity index (χ2n) is 4.45. The minimum atomic E-state index is -0.450. The molecule has 1 aromatic carbocycles. The zero-order valence-electron chi connectivity index (χ0n) is 11.1. The summed E-state index contributed by atoms with van der Waals surface area (Å²) in [6.45, 7) is 2.70. The molecule has 0 atom stereocenters. The van der Waals surface area contributed by atoms with E-state index in [2.05, 4.69) is 5.32 Å². The van der Waals surface area contributed by atoms with Gasteiger partial charge in [0.2, 0.25) is 0 Å². The van der Waals surface area contributed by atoms with Gasteiger partial charge in [0.1, 0.15) is 0 Å². The molecule has 0 radical (unpaired) electrons. The Bertz CT molecular complexity index is 699. The second kappa shape index (κ2) is 4.75. The Labute approximate surface area is 109 Å². The molecule has 0 saturated heterocycles. The molecule has 1 heterocycles. The van der Waals surface area contributed by atoms with Gasteiger partial charge in [0, 0.05) is 32.8 Å². The van der Waals surface area contributed by atoms with Crippen molar-refractivity contribution in [2.24, 2.45) is 14.1 Å². The van der Waals surface area contributed by atoms with E-state index in [9.17, 15) is 14.9 Å². The number of nitrogens with zero attached hydrogens (tertiary/aromatic N) is 3. The molecule has 0 spiro atoms. The van der Waals surface area contributed by atoms with Crippen LogP contribution in [0.4, 0.5) is 11.4 Å². The van der Waals surface area contributed by atoms with Crippen molar-refractivity contribution in [3.8, 4) is 0 Å². The van der Waals surface area contributed by atoms with Crippen molar-refractivity contribution in [2.45, 2.75) is 13.3 Å². The van der Waals surface area contributed by atoms with Gasteiger partial charge < -0.3 is 5.32 Å². The summed E-state index contributed by atoms with van der Waals surface area (Å²) in [7, 11) is 3.27. The number of aromatic nitrogens is 2. The van der Waals surface area contributed by atoms with Crippen molar-refractivity contribution in [3.63, 3.8) is 0 Å². The van der Waals surface area contributed by atoms with Crippen molar-refractivity contribution in [3.05, 3.63) is 32.7 Å². The first kappa shape index (κ1) is 13.1. The molecule has 7 heteroatoms. The Morgan fingerprint density at radius 3 is 2.58 bits per heavy atom. The number of imidazole rings is 1. The van der Waals surface area contributed by atoms with E-state index in [1.54, 1.807) is 14.1 Å². The highest BCUT2D eigenvalue weighted by molar-refractivity contribution is 5.91. The third-order valence-electron chi connectivity index (χ3n) is 3.12. The first-order valence-corrected chi connectivity index (χ1v) is 6.05. The van der Waals surface area contributed by atoms with Crippen LogP contribution in [0.3, 0.4) is 0 Å². The van der Waals surface area contributed by atoms with E-state index in [-0.39, 0.29) is 11.4 Å². The van der Waals surface area contributed by atoms with Crippen LogP contribution in [0.15, 0.2) is 16.9 Å². The molecule has 1 aromatic heterocycles. The number of nitro benzene ring substituents is 1. The van der Waals surface area contributed by atoms with Gasteiger partial charge >= 0.3 is 5.69 Å². The van der Waals surface area contributed by atoms with Gasteiger partial charge in [-0.15, -0.1) is 0 Å². The molecule has 2 aromatic rings. The van der Waals surface area contributed by atoms with E-state index in [1.807, 2.05) is 6.92 Å². The molecule has 0 aliphatic rings. The molecule has 0 aliphatic heterocycles. The van der Waals surface area contributed by atoms with Crippen LogP contribution in [0.2, 0.25) is 0 Å². The number of aryl methyl sites for hydroxylation is 2. The Morgan fingerprint density at radius 2 is 2.00 bits per heavy atom. The third kappa shape index (κ3) is 2.07. The van der Waals surface area contributed by atoms with Crippen molar-refractivity contribution in [2.75, 3.05) is 11.9 Å². The monoisotopic (exact) mass is 264 g/mol. The lowest BCUT2D eigenvalue weighted by atomic mass is 10.2. The summed E-state index contributed by atoms with van der Waals surface area (Å²) >= 11 is 0. The normalized spacial score (nSPS) is 10.9. The van der Waals surface area contributed by atoms with E-state index < -0.39 is 4.92 Å². The summed E-state index contributed by atoms with van der Waals surface area (Å²) < 4.78 is 2.91. The van der Waals surface area contributed by atoms with Crippen molar-refractivity contribution < 1.29 is 4.92 Å². The smallest absolute Gasteiger partial charge is 0.328 e. The summed E-state index contributed by atoms with van der Waals surface area (Å²) in [5.41, 5.74) is 1.64. The van der Waals surface area contributed by atoms with Crippen LogP contribution in [0.25, 0.3) is 11.0 Å². The first-order valence-electron chi connectivity index (χ1n) is 6.05. The predicted octanol–water partition coefficient (Wildman–Crippen LogP) is 1.61. The predicted molar refractivity (Wildman–Crippen MR) is 73.6 cm³/mol. The van der Waals surface area contributed by atoms with Crippen LogP contribution in [0, 0.1) is 10.1 Å². The summed E-state index contributed by atoms with van der Waals surface area (Å²) in [5.74, 6) is 0. The first-order chi connectivity index (χ1) is 8.97. The number of fused-ring (bicyclic) bond motifs is 1. The SMILES string of the molecule is CCCNc1cc([N+](=O)[O-])cc2c1n(C)c(=O)n2C. The van der Waals surface area contributed by atoms with Gasteiger partial charge in [-0.2, -0.15) is 0 Å². The summed E-state index contributed by atoms with van der Waals surface area (Å²) in [6.07, 6.45) is 0.894. The molecule has 0 amide bonds. The standard InChI is InChI=1S/C12H16N4O3/c1-4-5-13-9-6-8(16(18)19)7-10-11(9)15(3)12(17)14(10)2/h6-7,13H,4-5H2,1-3H3. The fraction of sp³-hybridized carbons (Fsp3) is 0.417. The molecule has 0 saturated carbocycles. The lowest BCUT2D eigenvalue weighted by molar-refractivity contribution is -0.384. The van der Waals surface area contributed by atoms with Gasteiger partial charge in [-0.05, 0) is 6.42 Å². The minimum absolute atomic E-state index is 0.0210. The Morgan fingerprint density at radius 1 is 1.32 bits per heavy atom. The fourth-order valence-corrected chi connectivity index (χ4v) is 2.14. The van der Waals surface area contributed by atoms with Gasteiger partial charge in [-0.3, -0.25) is 19.2 Å². The molecular formula is C12H16N4O3. The highest BCUT2D eigenvalue weighted by Gasteiger charge is 2.17. The molecule has 19 heavy (non-hydrogen) atoms. The van der Waals surface area contributed by atoms with Gasteiger partial charge in [0.15, 0.2) is 0 Å². The van der Waals surface area contributed by atoms with E-state index >= 15 is 0 Å². The van der Waals surface area contributed by atoms with E-state index in [1.165, 1.54) is 21.3 Å². The molecule has 102 valence electrons. The third-order valence-corrected chi connectivity index (χ3v) is 3.12. The van der Waals surface area contributed by atoms with Crippen molar-refractivity contribution >= 4 is 22.4 Å². The highest BCUT2D eigenvalue weighted by atomic mass is 16.6. The number of hydrogen-bond donors (Lipinski definition) is 1. The largest absolute Gasteiger partial charge is 0.383 e. The topological polar surface area (TPSA) is 82.1 Å². The quantitative estimate of drug-likeness (QED) is 0.671. The minimum Gasteiger partial charge on any atom is -0.383 e. The second-order valence-corrected chi connectivity index (χ2v) is 4.45. The van der Waals surface area contributed by atoms with E-state index in [0.717, 1.165) is 6.42 Å². The Kier molecular flexibility index (Phi) is 3.28. The summed E-state index contributed by atoms with van der Waals surface area (Å²) in [6, 6.07) is 2.89. The lowest BCUT2D eigenvalue weighted by Crippen LogP contribution is -2.19. The zero-order valence-corrected chi connectivity index (χ0v) is 11.1. The van der Waals surface area contributed by atoms with Gasteiger partial charge in [0.25, 0.3) is 5.69 Å². The molecule has 0 aliphatic carbocycles. The van der Waals surface area contributed by atoms with Crippen LogP contribution in [0.1, 0.15) is 13.3 Å². The fourth-order valence-electron chi connectivity index (χ4n) is 2.14. The molecule has 0 bridgehead atoms. The average molecular weight is 264 g/mol. The van der Waals surface area contributed by atoms with Crippen LogP contribution >= 0.6 is 0 Å². The number of anilines is 1. The molecule has 0 fully saturated rings. The van der Waals surface area contributed by atoms with Gasteiger partial charge in [-0.1, -0.05) is 6.92 Å². The van der Waals surface area contributed by atoms with Crippen LogP contribution in [-0.2, 0) is 14.1 Å². The molecule has 7 nitrogen and oxygen atoms in total. The number of benzene rings is 1. The highest BCUT2D eigenvalue weighted by Crippen LogP contribution is 2.28. The average Bonchev–Trinajstić information content (AvgIpc) is 2.61. The van der Waals surface area contributed by atoms with Crippen LogP contribution in [-0.4, -0.2) is 20.6 Å².